The number of amides is 2. The highest BCUT2D eigenvalue weighted by molar-refractivity contribution is 6.33. The molecule has 0 aliphatic heterocycles. The maximum absolute atomic E-state index is 11.8. The topological polar surface area (TPSA) is 49.4 Å². The van der Waals surface area contributed by atoms with Gasteiger partial charge < -0.3 is 10.2 Å². The SMILES string of the molecule is C=CCN(CC(=O)Nc1ccccc1Cl)C(C)=O. The summed E-state index contributed by atoms with van der Waals surface area (Å²) in [7, 11) is 0. The Morgan fingerprint density at radius 1 is 1.44 bits per heavy atom. The minimum Gasteiger partial charge on any atom is -0.330 e. The van der Waals surface area contributed by atoms with Crippen LogP contribution in [0.25, 0.3) is 0 Å². The average Bonchev–Trinajstić information content (AvgIpc) is 2.31. The molecule has 4 nitrogen and oxygen atoms in total. The maximum atomic E-state index is 11.8. The van der Waals surface area contributed by atoms with E-state index in [1.807, 2.05) is 0 Å². The largest absolute Gasteiger partial charge is 0.330 e. The molecular weight excluding hydrogens is 252 g/mol. The third-order valence-corrected chi connectivity index (χ3v) is 2.61. The summed E-state index contributed by atoms with van der Waals surface area (Å²) >= 11 is 5.92. The Labute approximate surface area is 111 Å². The van der Waals surface area contributed by atoms with Gasteiger partial charge in [0.1, 0.15) is 6.54 Å². The molecule has 0 saturated heterocycles. The first kappa shape index (κ1) is 14.3. The van der Waals surface area contributed by atoms with Gasteiger partial charge in [0.2, 0.25) is 11.8 Å². The Kier molecular flexibility index (Phi) is 5.39. The van der Waals surface area contributed by atoms with E-state index >= 15 is 0 Å². The predicted molar refractivity (Wildman–Crippen MR) is 72.5 cm³/mol. The van der Waals surface area contributed by atoms with Crippen molar-refractivity contribution >= 4 is 29.1 Å². The number of hydrogen-bond acceptors (Lipinski definition) is 2. The van der Waals surface area contributed by atoms with E-state index in [1.54, 1.807) is 30.3 Å². The van der Waals surface area contributed by atoms with Crippen LogP contribution in [-0.4, -0.2) is 29.8 Å². The molecular formula is C13H15ClN2O2. The van der Waals surface area contributed by atoms with Crippen LogP contribution in [0.15, 0.2) is 36.9 Å². The number of para-hydroxylation sites is 1. The molecule has 1 aromatic carbocycles. The zero-order chi connectivity index (χ0) is 13.5. The maximum Gasteiger partial charge on any atom is 0.244 e. The number of anilines is 1. The van der Waals surface area contributed by atoms with Crippen LogP contribution in [0, 0.1) is 0 Å². The molecule has 0 saturated carbocycles. The molecule has 0 fully saturated rings. The van der Waals surface area contributed by atoms with Gasteiger partial charge in [0.25, 0.3) is 0 Å². The molecule has 0 aliphatic rings. The number of rotatable bonds is 5. The van der Waals surface area contributed by atoms with Crippen LogP contribution >= 0.6 is 11.6 Å². The molecule has 0 aliphatic carbocycles. The summed E-state index contributed by atoms with van der Waals surface area (Å²) in [5, 5.41) is 3.12. The molecule has 2 amide bonds. The number of nitrogens with zero attached hydrogens (tertiary/aromatic N) is 1. The number of benzene rings is 1. The summed E-state index contributed by atoms with van der Waals surface area (Å²) < 4.78 is 0. The van der Waals surface area contributed by atoms with Crippen LogP contribution < -0.4 is 5.32 Å². The quantitative estimate of drug-likeness (QED) is 0.832. The van der Waals surface area contributed by atoms with E-state index in [9.17, 15) is 9.59 Å². The van der Waals surface area contributed by atoms with Gasteiger partial charge >= 0.3 is 0 Å². The minimum atomic E-state index is -0.292. The van der Waals surface area contributed by atoms with Crippen LogP contribution in [0.1, 0.15) is 6.92 Å². The number of halogens is 1. The van der Waals surface area contributed by atoms with Crippen LogP contribution in [0.5, 0.6) is 0 Å². The van der Waals surface area contributed by atoms with E-state index in [0.29, 0.717) is 17.3 Å². The summed E-state index contributed by atoms with van der Waals surface area (Å²) in [5.74, 6) is -0.468. The summed E-state index contributed by atoms with van der Waals surface area (Å²) in [6.07, 6.45) is 1.57. The van der Waals surface area contributed by atoms with Gasteiger partial charge in [0, 0.05) is 13.5 Å². The summed E-state index contributed by atoms with van der Waals surface area (Å²) in [6.45, 7) is 5.27. The molecule has 1 aromatic rings. The van der Waals surface area contributed by atoms with E-state index < -0.39 is 0 Å². The fourth-order valence-electron chi connectivity index (χ4n) is 1.39. The molecule has 0 bridgehead atoms. The van der Waals surface area contributed by atoms with E-state index in [-0.39, 0.29) is 18.4 Å². The standard InChI is InChI=1S/C13H15ClN2O2/c1-3-8-16(10(2)17)9-13(18)15-12-7-5-4-6-11(12)14/h3-7H,1,8-9H2,2H3,(H,15,18). The van der Waals surface area contributed by atoms with Crippen LogP contribution in [0.3, 0.4) is 0 Å². The van der Waals surface area contributed by atoms with Gasteiger partial charge in [-0.2, -0.15) is 0 Å². The molecule has 0 spiro atoms. The van der Waals surface area contributed by atoms with E-state index in [4.69, 9.17) is 11.6 Å². The lowest BCUT2D eigenvalue weighted by atomic mass is 10.3. The smallest absolute Gasteiger partial charge is 0.244 e. The Morgan fingerprint density at radius 3 is 2.67 bits per heavy atom. The number of carbonyl (C=O) groups is 2. The predicted octanol–water partition coefficient (Wildman–Crippen LogP) is 2.31. The van der Waals surface area contributed by atoms with Crippen molar-refractivity contribution in [2.45, 2.75) is 6.92 Å². The molecule has 5 heteroatoms. The van der Waals surface area contributed by atoms with Gasteiger partial charge in [-0.1, -0.05) is 29.8 Å². The van der Waals surface area contributed by atoms with Crippen molar-refractivity contribution in [3.63, 3.8) is 0 Å². The molecule has 1 rings (SSSR count). The van der Waals surface area contributed by atoms with Crippen molar-refractivity contribution in [3.8, 4) is 0 Å². The van der Waals surface area contributed by atoms with Crippen LogP contribution in [0.2, 0.25) is 5.02 Å². The van der Waals surface area contributed by atoms with Gasteiger partial charge in [0.05, 0.1) is 10.7 Å². The van der Waals surface area contributed by atoms with Crippen LogP contribution in [0.4, 0.5) is 5.69 Å². The Balaban J connectivity index is 2.63. The fourth-order valence-corrected chi connectivity index (χ4v) is 1.57. The zero-order valence-electron chi connectivity index (χ0n) is 10.1. The molecule has 0 aromatic heterocycles. The lowest BCUT2D eigenvalue weighted by molar-refractivity contribution is -0.132. The summed E-state index contributed by atoms with van der Waals surface area (Å²) in [5.41, 5.74) is 0.534. The van der Waals surface area contributed by atoms with Crippen LogP contribution in [-0.2, 0) is 9.59 Å². The van der Waals surface area contributed by atoms with Gasteiger partial charge in [0.15, 0.2) is 0 Å². The van der Waals surface area contributed by atoms with Crippen molar-refractivity contribution in [2.75, 3.05) is 18.4 Å². The first-order valence-corrected chi connectivity index (χ1v) is 5.83. The number of hydrogen-bond donors (Lipinski definition) is 1. The summed E-state index contributed by atoms with van der Waals surface area (Å²) in [4.78, 5) is 24.4. The van der Waals surface area contributed by atoms with E-state index in [0.717, 1.165) is 0 Å². The first-order chi connectivity index (χ1) is 8.54. The Bertz CT molecular complexity index is 460. The average molecular weight is 267 g/mol. The third-order valence-electron chi connectivity index (χ3n) is 2.28. The fraction of sp³-hybridized carbons (Fsp3) is 0.231. The normalized spacial score (nSPS) is 9.67. The molecule has 0 atom stereocenters. The van der Waals surface area contributed by atoms with Gasteiger partial charge in [-0.3, -0.25) is 9.59 Å². The second-order valence-electron chi connectivity index (χ2n) is 3.72. The van der Waals surface area contributed by atoms with Gasteiger partial charge in [-0.25, -0.2) is 0 Å². The lowest BCUT2D eigenvalue weighted by Gasteiger charge is -2.18. The number of nitrogens with one attached hydrogen (secondary N) is 1. The molecule has 1 N–H and O–H groups in total. The Morgan fingerprint density at radius 2 is 2.11 bits per heavy atom. The molecule has 0 radical (unpaired) electrons. The van der Waals surface area contributed by atoms with Gasteiger partial charge in [-0.05, 0) is 12.1 Å². The summed E-state index contributed by atoms with van der Waals surface area (Å²) in [6, 6.07) is 6.93. The molecule has 18 heavy (non-hydrogen) atoms. The molecule has 96 valence electrons. The van der Waals surface area contributed by atoms with Crippen molar-refractivity contribution in [3.05, 3.63) is 41.9 Å². The molecule has 0 unspecified atom stereocenters. The Hall–Kier alpha value is -1.81. The lowest BCUT2D eigenvalue weighted by Crippen LogP contribution is -2.36. The minimum absolute atomic E-state index is 0.0213. The highest BCUT2D eigenvalue weighted by Gasteiger charge is 2.12. The monoisotopic (exact) mass is 266 g/mol. The van der Waals surface area contributed by atoms with Crippen molar-refractivity contribution in [1.29, 1.82) is 0 Å². The highest BCUT2D eigenvalue weighted by atomic mass is 35.5. The number of carbonyl (C=O) groups excluding carboxylic acids is 2. The molecule has 0 heterocycles. The van der Waals surface area contributed by atoms with Crippen molar-refractivity contribution < 1.29 is 9.59 Å². The second-order valence-corrected chi connectivity index (χ2v) is 4.12. The van der Waals surface area contributed by atoms with Crippen molar-refractivity contribution in [1.82, 2.24) is 4.90 Å². The van der Waals surface area contributed by atoms with Crippen molar-refractivity contribution in [2.24, 2.45) is 0 Å². The second kappa shape index (κ2) is 6.81. The van der Waals surface area contributed by atoms with E-state index in [1.165, 1.54) is 11.8 Å². The van der Waals surface area contributed by atoms with E-state index in [2.05, 4.69) is 11.9 Å². The third kappa shape index (κ3) is 4.22. The first-order valence-electron chi connectivity index (χ1n) is 5.45. The highest BCUT2D eigenvalue weighted by Crippen LogP contribution is 2.20. The zero-order valence-corrected chi connectivity index (χ0v) is 10.9. The van der Waals surface area contributed by atoms with Gasteiger partial charge in [-0.15, -0.1) is 6.58 Å².